The third kappa shape index (κ3) is 4.78. The number of methoxy groups -OCH3 is 2. The van der Waals surface area contributed by atoms with Crippen molar-refractivity contribution in [1.82, 2.24) is 9.78 Å². The highest BCUT2D eigenvalue weighted by Gasteiger charge is 2.33. The molecule has 34 heavy (non-hydrogen) atoms. The molecule has 1 heterocycles. The van der Waals surface area contributed by atoms with Crippen molar-refractivity contribution in [1.29, 1.82) is 5.26 Å². The molecule has 11 heteroatoms. The van der Waals surface area contributed by atoms with E-state index in [9.17, 15) is 9.59 Å². The van der Waals surface area contributed by atoms with E-state index in [0.717, 1.165) is 0 Å². The lowest BCUT2D eigenvalue weighted by Gasteiger charge is -2.16. The third-order valence-electron chi connectivity index (χ3n) is 4.62. The number of carbonyl (C=O) groups excluding carboxylic acids is 2. The number of carbonyl (C=O) groups is 2. The van der Waals surface area contributed by atoms with Gasteiger partial charge >= 0.3 is 11.9 Å². The molecule has 9 nitrogen and oxygen atoms in total. The number of para-hydroxylation sites is 1. The van der Waals surface area contributed by atoms with Crippen LogP contribution in [0.3, 0.4) is 0 Å². The summed E-state index contributed by atoms with van der Waals surface area (Å²) in [7, 11) is 2.43. The zero-order valence-corrected chi connectivity index (χ0v) is 21.6. The van der Waals surface area contributed by atoms with E-state index < -0.39 is 11.9 Å². The van der Waals surface area contributed by atoms with Gasteiger partial charge in [0.25, 0.3) is 0 Å². The first-order valence-electron chi connectivity index (χ1n) is 9.89. The minimum atomic E-state index is -0.775. The summed E-state index contributed by atoms with van der Waals surface area (Å²) in [5.41, 5.74) is 0.921. The number of aromatic nitrogens is 2. The maximum Gasteiger partial charge on any atom is 0.357 e. The summed E-state index contributed by atoms with van der Waals surface area (Å²) in [5.74, 6) is -0.928. The summed E-state index contributed by atoms with van der Waals surface area (Å²) in [6.45, 7) is 1.90. The Labute approximate surface area is 212 Å². The Morgan fingerprint density at radius 2 is 1.74 bits per heavy atom. The number of halogens is 2. The van der Waals surface area contributed by atoms with Crippen molar-refractivity contribution >= 4 is 43.8 Å². The number of ether oxygens (including phenoxy) is 4. The molecule has 0 N–H and O–H groups in total. The van der Waals surface area contributed by atoms with E-state index in [1.807, 2.05) is 12.1 Å². The van der Waals surface area contributed by atoms with Gasteiger partial charge in [-0.1, -0.05) is 18.2 Å². The molecule has 0 bridgehead atoms. The second-order valence-electron chi connectivity index (χ2n) is 6.56. The summed E-state index contributed by atoms with van der Waals surface area (Å²) >= 11 is 6.98. The molecule has 2 aromatic carbocycles. The van der Waals surface area contributed by atoms with Gasteiger partial charge in [0.05, 0.1) is 31.0 Å². The Bertz CT molecular complexity index is 1270. The number of nitriles is 1. The summed E-state index contributed by atoms with van der Waals surface area (Å²) in [5, 5.41) is 13.5. The first kappa shape index (κ1) is 25.3. The molecule has 0 saturated heterocycles. The molecular weight excluding hydrogens is 574 g/mol. The largest absolute Gasteiger partial charge is 0.490 e. The molecule has 0 saturated carbocycles. The number of benzene rings is 2. The number of esters is 2. The van der Waals surface area contributed by atoms with Crippen molar-refractivity contribution in [2.75, 3.05) is 27.4 Å². The van der Waals surface area contributed by atoms with Crippen molar-refractivity contribution in [3.05, 3.63) is 56.6 Å². The number of nitrogens with zero attached hydrogens (tertiary/aromatic N) is 3. The summed E-state index contributed by atoms with van der Waals surface area (Å²) in [6.07, 6.45) is 0. The first-order chi connectivity index (χ1) is 16.4. The van der Waals surface area contributed by atoms with E-state index >= 15 is 0 Å². The number of hydrogen-bond acceptors (Lipinski definition) is 8. The molecule has 0 radical (unpaired) electrons. The fourth-order valence-electron chi connectivity index (χ4n) is 3.20. The van der Waals surface area contributed by atoms with E-state index in [0.29, 0.717) is 38.3 Å². The molecule has 3 rings (SSSR count). The maximum atomic E-state index is 12.9. The highest BCUT2D eigenvalue weighted by atomic mass is 79.9. The molecule has 0 aliphatic rings. The molecule has 0 spiro atoms. The molecule has 0 aliphatic carbocycles. The van der Waals surface area contributed by atoms with Gasteiger partial charge in [-0.3, -0.25) is 0 Å². The first-order valence-corrected chi connectivity index (χ1v) is 11.5. The Morgan fingerprint density at radius 3 is 2.32 bits per heavy atom. The lowest BCUT2D eigenvalue weighted by molar-refractivity contribution is 0.0549. The summed E-state index contributed by atoms with van der Waals surface area (Å²) < 4.78 is 23.4. The van der Waals surface area contributed by atoms with Crippen LogP contribution < -0.4 is 9.47 Å². The van der Waals surface area contributed by atoms with Crippen LogP contribution in [0.5, 0.6) is 11.5 Å². The zero-order chi connectivity index (χ0) is 24.8. The maximum absolute atomic E-state index is 12.9. The summed E-state index contributed by atoms with van der Waals surface area (Å²) in [4.78, 5) is 25.7. The lowest BCUT2D eigenvalue weighted by atomic mass is 10.0. The van der Waals surface area contributed by atoms with Crippen LogP contribution >= 0.6 is 31.9 Å². The van der Waals surface area contributed by atoms with E-state index in [-0.39, 0.29) is 23.6 Å². The van der Waals surface area contributed by atoms with Crippen LogP contribution in [-0.4, -0.2) is 49.2 Å². The monoisotopic (exact) mass is 591 g/mol. The predicted molar refractivity (Wildman–Crippen MR) is 129 cm³/mol. The van der Waals surface area contributed by atoms with Crippen LogP contribution in [0.2, 0.25) is 0 Å². The SMILES string of the molecule is CCOc1cc(-c2nn(-c3ccccc3)c(C(=O)OC)c2C(=O)OC)c(Br)c(Br)c1OCC#N. The highest BCUT2D eigenvalue weighted by Crippen LogP contribution is 2.47. The van der Waals surface area contributed by atoms with E-state index in [1.165, 1.54) is 18.9 Å². The van der Waals surface area contributed by atoms with Gasteiger partial charge in [-0.15, -0.1) is 0 Å². The Morgan fingerprint density at radius 1 is 1.06 bits per heavy atom. The van der Waals surface area contributed by atoms with E-state index in [4.69, 9.17) is 24.2 Å². The van der Waals surface area contributed by atoms with Gasteiger partial charge in [-0.25, -0.2) is 14.3 Å². The van der Waals surface area contributed by atoms with E-state index in [2.05, 4.69) is 37.0 Å². The minimum Gasteiger partial charge on any atom is -0.490 e. The van der Waals surface area contributed by atoms with Crippen LogP contribution in [0, 0.1) is 11.3 Å². The van der Waals surface area contributed by atoms with Crippen molar-refractivity contribution in [3.8, 4) is 34.5 Å². The van der Waals surface area contributed by atoms with Gasteiger partial charge in [0, 0.05) is 10.0 Å². The second-order valence-corrected chi connectivity index (χ2v) is 8.15. The molecule has 0 aliphatic heterocycles. The Kier molecular flexibility index (Phi) is 8.31. The second kappa shape index (κ2) is 11.2. The predicted octanol–water partition coefficient (Wildman–Crippen LogP) is 4.94. The van der Waals surface area contributed by atoms with Crippen LogP contribution in [0.15, 0.2) is 45.3 Å². The highest BCUT2D eigenvalue weighted by molar-refractivity contribution is 9.13. The molecule has 176 valence electrons. The number of hydrogen-bond donors (Lipinski definition) is 0. The molecule has 0 unspecified atom stereocenters. The van der Waals surface area contributed by atoms with Gasteiger partial charge in [0.2, 0.25) is 0 Å². The van der Waals surface area contributed by atoms with Crippen LogP contribution in [-0.2, 0) is 9.47 Å². The average Bonchev–Trinajstić information content (AvgIpc) is 3.26. The smallest absolute Gasteiger partial charge is 0.357 e. The van der Waals surface area contributed by atoms with Crippen LogP contribution in [0.25, 0.3) is 16.9 Å². The molecule has 0 fully saturated rings. The molecule has 0 atom stereocenters. The van der Waals surface area contributed by atoms with Crippen LogP contribution in [0.4, 0.5) is 0 Å². The van der Waals surface area contributed by atoms with Crippen molar-refractivity contribution in [2.24, 2.45) is 0 Å². The van der Waals surface area contributed by atoms with Crippen molar-refractivity contribution in [2.45, 2.75) is 6.92 Å². The zero-order valence-electron chi connectivity index (χ0n) is 18.4. The minimum absolute atomic E-state index is 0.0843. The standard InChI is InChI=1S/C23H19Br2N3O6/c1-4-33-15-12-14(17(24)18(25)21(15)34-11-10-26)19-16(22(29)31-2)20(23(30)32-3)28(27-19)13-8-6-5-7-9-13/h5-9,12H,4,11H2,1-3H3. The third-order valence-corrected chi connectivity index (χ3v) is 6.73. The topological polar surface area (TPSA) is 113 Å². The van der Waals surface area contributed by atoms with Crippen LogP contribution in [0.1, 0.15) is 27.8 Å². The van der Waals surface area contributed by atoms with Gasteiger partial charge < -0.3 is 18.9 Å². The molecule has 0 amide bonds. The fraction of sp³-hybridized carbons (Fsp3) is 0.217. The van der Waals surface area contributed by atoms with Gasteiger partial charge in [0.1, 0.15) is 17.3 Å². The van der Waals surface area contributed by atoms with Crippen molar-refractivity contribution < 1.29 is 28.5 Å². The quantitative estimate of drug-likeness (QED) is 0.338. The molecule has 3 aromatic rings. The normalized spacial score (nSPS) is 10.4. The summed E-state index contributed by atoms with van der Waals surface area (Å²) in [6, 6.07) is 12.4. The van der Waals surface area contributed by atoms with Gasteiger partial charge in [0.15, 0.2) is 23.8 Å². The fourth-order valence-corrected chi connectivity index (χ4v) is 4.21. The number of rotatable bonds is 8. The van der Waals surface area contributed by atoms with Crippen molar-refractivity contribution in [3.63, 3.8) is 0 Å². The van der Waals surface area contributed by atoms with Gasteiger partial charge in [-0.2, -0.15) is 10.4 Å². The molecule has 1 aromatic heterocycles. The van der Waals surface area contributed by atoms with Gasteiger partial charge in [-0.05, 0) is 57.0 Å². The lowest BCUT2D eigenvalue weighted by Crippen LogP contribution is -2.15. The molecular formula is C23H19Br2N3O6. The Hall–Kier alpha value is -3.36. The van der Waals surface area contributed by atoms with E-state index in [1.54, 1.807) is 37.3 Å². The Balaban J connectivity index is 2.39. The average molecular weight is 593 g/mol.